The highest BCUT2D eigenvalue weighted by atomic mass is 16.7. The summed E-state index contributed by atoms with van der Waals surface area (Å²) in [5.41, 5.74) is 0. The number of aliphatic hydroxyl groups excluding tert-OH is 2. The van der Waals surface area contributed by atoms with Crippen LogP contribution in [0.25, 0.3) is 0 Å². The molecule has 2 rings (SSSR count). The number of carbonyl (C=O) groups is 5. The maximum absolute atomic E-state index is 12.0. The van der Waals surface area contributed by atoms with Gasteiger partial charge in [-0.15, -0.1) is 0 Å². The molecule has 16 nitrogen and oxygen atoms in total. The molecule has 0 aromatic heterocycles. The summed E-state index contributed by atoms with van der Waals surface area (Å²) in [5, 5.41) is 23.2. The van der Waals surface area contributed by atoms with Crippen LogP contribution in [0, 0.1) is 0 Å². The van der Waals surface area contributed by atoms with Crippen molar-refractivity contribution in [3.8, 4) is 0 Å². The van der Waals surface area contributed by atoms with Crippen molar-refractivity contribution in [3.63, 3.8) is 0 Å². The Morgan fingerprint density at radius 2 is 1.28 bits per heavy atom. The summed E-state index contributed by atoms with van der Waals surface area (Å²) in [6.45, 7) is 4.36. The zero-order chi connectivity index (χ0) is 29.4. The molecule has 10 atom stereocenters. The topological polar surface area (TPSA) is 212 Å². The summed E-state index contributed by atoms with van der Waals surface area (Å²) >= 11 is 0. The van der Waals surface area contributed by atoms with Gasteiger partial charge in [0.1, 0.15) is 37.1 Å². The van der Waals surface area contributed by atoms with Crippen LogP contribution in [0.4, 0.5) is 0 Å². The second kappa shape index (κ2) is 14.5. The van der Waals surface area contributed by atoms with Crippen molar-refractivity contribution in [2.75, 3.05) is 20.3 Å². The molecule has 0 bridgehead atoms. The second-order valence-corrected chi connectivity index (χ2v) is 8.85. The van der Waals surface area contributed by atoms with Gasteiger partial charge in [-0.3, -0.25) is 24.0 Å². The summed E-state index contributed by atoms with van der Waals surface area (Å²) in [6.07, 6.45) is -12.9. The van der Waals surface area contributed by atoms with Gasteiger partial charge in [0, 0.05) is 41.7 Å². The van der Waals surface area contributed by atoms with Crippen LogP contribution in [0.1, 0.15) is 34.6 Å². The lowest BCUT2D eigenvalue weighted by atomic mass is 9.95. The third kappa shape index (κ3) is 8.81. The summed E-state index contributed by atoms with van der Waals surface area (Å²) in [6, 6.07) is -1.17. The number of carbonyl (C=O) groups excluding carboxylic acids is 5. The van der Waals surface area contributed by atoms with Crippen LogP contribution >= 0.6 is 0 Å². The lowest BCUT2D eigenvalue weighted by molar-refractivity contribution is -0.345. The van der Waals surface area contributed by atoms with E-state index in [0.29, 0.717) is 0 Å². The number of hydrogen-bond donors (Lipinski definition) is 3. The molecule has 0 saturated carbocycles. The van der Waals surface area contributed by atoms with Gasteiger partial charge < -0.3 is 53.4 Å². The van der Waals surface area contributed by atoms with E-state index in [2.05, 4.69) is 5.32 Å². The Labute approximate surface area is 224 Å². The van der Waals surface area contributed by atoms with Gasteiger partial charge >= 0.3 is 23.9 Å². The average molecular weight is 566 g/mol. The first-order chi connectivity index (χ1) is 18.3. The highest BCUT2D eigenvalue weighted by molar-refractivity contribution is 5.73. The Hall–Kier alpha value is -2.89. The maximum atomic E-state index is 12.0. The Bertz CT molecular complexity index is 897. The molecule has 16 heteroatoms. The first-order valence-corrected chi connectivity index (χ1v) is 12.0. The number of methoxy groups -OCH3 is 1. The minimum atomic E-state index is -1.66. The molecule has 39 heavy (non-hydrogen) atoms. The number of aliphatic hydroxyl groups is 2. The summed E-state index contributed by atoms with van der Waals surface area (Å²) < 4.78 is 43.8. The Balaban J connectivity index is 2.56. The molecular formula is C23H35NO15. The van der Waals surface area contributed by atoms with E-state index in [1.54, 1.807) is 0 Å². The molecule has 0 radical (unpaired) electrons. The lowest BCUT2D eigenvalue weighted by Gasteiger charge is -2.48. The Morgan fingerprint density at radius 1 is 0.744 bits per heavy atom. The van der Waals surface area contributed by atoms with Gasteiger partial charge in [0.25, 0.3) is 0 Å². The quantitative estimate of drug-likeness (QED) is 0.187. The fourth-order valence-corrected chi connectivity index (χ4v) is 4.27. The van der Waals surface area contributed by atoms with Crippen molar-refractivity contribution >= 4 is 29.8 Å². The molecule has 2 heterocycles. The molecule has 222 valence electrons. The SMILES string of the molecule is COC1OC(CO)C(O)C(OC2OC(COC(C)=O)C(OC(C)=O)C(OC(C)=O)C2OC(C)=O)C1NC(C)=O. The minimum absolute atomic E-state index is 0.497. The van der Waals surface area contributed by atoms with E-state index in [1.165, 1.54) is 14.0 Å². The first-order valence-electron chi connectivity index (χ1n) is 12.0. The van der Waals surface area contributed by atoms with Gasteiger partial charge in [-0.25, -0.2) is 0 Å². The molecule has 2 aliphatic heterocycles. The van der Waals surface area contributed by atoms with Gasteiger partial charge in [-0.1, -0.05) is 0 Å². The van der Waals surface area contributed by atoms with Crippen LogP contribution in [0.3, 0.4) is 0 Å². The normalized spacial score (nSPS) is 34.4. The predicted molar refractivity (Wildman–Crippen MR) is 123 cm³/mol. The monoisotopic (exact) mass is 565 g/mol. The van der Waals surface area contributed by atoms with Crippen molar-refractivity contribution in [1.29, 1.82) is 0 Å². The van der Waals surface area contributed by atoms with Crippen LogP contribution in [0.15, 0.2) is 0 Å². The third-order valence-corrected chi connectivity index (χ3v) is 5.70. The molecule has 1 amide bonds. The molecular weight excluding hydrogens is 530 g/mol. The van der Waals surface area contributed by atoms with Crippen molar-refractivity contribution in [1.82, 2.24) is 5.32 Å². The van der Waals surface area contributed by atoms with Gasteiger partial charge in [0.05, 0.1) is 6.61 Å². The summed E-state index contributed by atoms with van der Waals surface area (Å²) in [4.78, 5) is 59.4. The highest BCUT2D eigenvalue weighted by Gasteiger charge is 2.56. The molecule has 0 aromatic carbocycles. The average Bonchev–Trinajstić information content (AvgIpc) is 2.82. The molecule has 2 fully saturated rings. The van der Waals surface area contributed by atoms with Crippen molar-refractivity contribution in [2.45, 2.75) is 96.0 Å². The second-order valence-electron chi connectivity index (χ2n) is 8.85. The van der Waals surface area contributed by atoms with E-state index in [1.807, 2.05) is 0 Å². The highest BCUT2D eigenvalue weighted by Crippen LogP contribution is 2.33. The smallest absolute Gasteiger partial charge is 0.303 e. The molecule has 0 spiro atoms. The first kappa shape index (κ1) is 32.3. The maximum Gasteiger partial charge on any atom is 0.303 e. The van der Waals surface area contributed by atoms with E-state index in [9.17, 15) is 34.2 Å². The number of rotatable bonds is 10. The largest absolute Gasteiger partial charge is 0.463 e. The van der Waals surface area contributed by atoms with Crippen LogP contribution in [-0.4, -0.2) is 122 Å². The lowest BCUT2D eigenvalue weighted by Crippen LogP contribution is -2.68. The third-order valence-electron chi connectivity index (χ3n) is 5.70. The fourth-order valence-electron chi connectivity index (χ4n) is 4.27. The summed E-state index contributed by atoms with van der Waals surface area (Å²) in [5.74, 6) is -3.76. The Kier molecular flexibility index (Phi) is 12.0. The van der Waals surface area contributed by atoms with Crippen molar-refractivity contribution < 1.29 is 72.1 Å². The van der Waals surface area contributed by atoms with Crippen molar-refractivity contribution in [3.05, 3.63) is 0 Å². The van der Waals surface area contributed by atoms with Crippen LogP contribution in [-0.2, 0) is 61.9 Å². The van der Waals surface area contributed by atoms with E-state index in [0.717, 1.165) is 27.7 Å². The molecule has 0 aliphatic carbocycles. The number of amides is 1. The van der Waals surface area contributed by atoms with E-state index in [4.69, 9.17) is 37.9 Å². The number of esters is 4. The number of hydrogen-bond acceptors (Lipinski definition) is 15. The van der Waals surface area contributed by atoms with Crippen LogP contribution < -0.4 is 5.32 Å². The molecule has 10 unspecified atom stereocenters. The standard InChI is InChI=1S/C23H35NO15/c1-9(26)24-16-19(17(31)14(7-25)37-22(16)32-6)39-23-21(36-13(5)30)20(35-12(4)29)18(34-11(3)28)15(38-23)8-33-10(2)27/h14-23,25,31H,7-8H2,1-6H3,(H,24,26). The zero-order valence-electron chi connectivity index (χ0n) is 22.4. The molecule has 2 saturated heterocycles. The zero-order valence-corrected chi connectivity index (χ0v) is 22.4. The van der Waals surface area contributed by atoms with E-state index in [-0.39, 0.29) is 0 Å². The van der Waals surface area contributed by atoms with E-state index >= 15 is 0 Å². The van der Waals surface area contributed by atoms with Gasteiger partial charge in [-0.05, 0) is 0 Å². The number of nitrogens with one attached hydrogen (secondary N) is 1. The number of ether oxygens (including phenoxy) is 8. The van der Waals surface area contributed by atoms with Gasteiger partial charge in [-0.2, -0.15) is 0 Å². The molecule has 2 aliphatic rings. The van der Waals surface area contributed by atoms with Crippen molar-refractivity contribution in [2.24, 2.45) is 0 Å². The van der Waals surface area contributed by atoms with Crippen LogP contribution in [0.2, 0.25) is 0 Å². The van der Waals surface area contributed by atoms with Gasteiger partial charge in [0.15, 0.2) is 30.9 Å². The molecule has 3 N–H and O–H groups in total. The summed E-state index contributed by atoms with van der Waals surface area (Å²) in [7, 11) is 1.26. The predicted octanol–water partition coefficient (Wildman–Crippen LogP) is -2.32. The fraction of sp³-hybridized carbons (Fsp3) is 0.783. The van der Waals surface area contributed by atoms with Gasteiger partial charge in [0.2, 0.25) is 5.91 Å². The minimum Gasteiger partial charge on any atom is -0.463 e. The van der Waals surface area contributed by atoms with E-state index < -0.39 is 104 Å². The molecule has 0 aromatic rings. The van der Waals surface area contributed by atoms with Crippen LogP contribution in [0.5, 0.6) is 0 Å². The Morgan fingerprint density at radius 3 is 1.77 bits per heavy atom.